The number of carbonyl (C=O) groups excluding carboxylic acids is 1. The maximum atomic E-state index is 13.3. The lowest BCUT2D eigenvalue weighted by Crippen LogP contribution is -2.12. The van der Waals surface area contributed by atoms with Crippen molar-refractivity contribution in [3.8, 4) is 0 Å². The molecular formula is C20H17FN4O2. The summed E-state index contributed by atoms with van der Waals surface area (Å²) in [5, 5.41) is 4.39. The van der Waals surface area contributed by atoms with Gasteiger partial charge in [-0.2, -0.15) is 0 Å². The van der Waals surface area contributed by atoms with E-state index < -0.39 is 0 Å². The van der Waals surface area contributed by atoms with Crippen molar-refractivity contribution in [1.82, 2.24) is 14.5 Å². The zero-order valence-corrected chi connectivity index (χ0v) is 15.1. The predicted octanol–water partition coefficient (Wildman–Crippen LogP) is 3.73. The van der Waals surface area contributed by atoms with Crippen LogP contribution in [-0.2, 0) is 7.05 Å². The van der Waals surface area contributed by atoms with E-state index in [-0.39, 0.29) is 17.1 Å². The minimum atomic E-state index is -0.337. The molecule has 0 aliphatic carbocycles. The van der Waals surface area contributed by atoms with E-state index in [0.29, 0.717) is 39.6 Å². The third-order valence-corrected chi connectivity index (χ3v) is 4.87. The number of aromatic nitrogens is 3. The van der Waals surface area contributed by atoms with Crippen molar-refractivity contribution in [2.24, 2.45) is 7.05 Å². The fraction of sp³-hybridized carbons (Fsp3) is 0.150. The highest BCUT2D eigenvalue weighted by atomic mass is 19.1. The van der Waals surface area contributed by atoms with Gasteiger partial charge in [0, 0.05) is 12.7 Å². The molecule has 0 unspecified atom stereocenters. The van der Waals surface area contributed by atoms with Crippen LogP contribution in [0.25, 0.3) is 21.8 Å². The minimum Gasteiger partial charge on any atom is -0.325 e. The van der Waals surface area contributed by atoms with E-state index in [0.717, 1.165) is 11.3 Å². The number of carbonyl (C=O) groups is 1. The second-order valence-corrected chi connectivity index (χ2v) is 6.55. The second kappa shape index (κ2) is 6.05. The number of nitrogens with zero attached hydrogens (tertiary/aromatic N) is 2. The van der Waals surface area contributed by atoms with Crippen LogP contribution in [0.2, 0.25) is 0 Å². The van der Waals surface area contributed by atoms with Gasteiger partial charge in [-0.15, -0.1) is 0 Å². The molecule has 6 nitrogen and oxygen atoms in total. The lowest BCUT2D eigenvalue weighted by molar-refractivity contribution is 0.111. The minimum absolute atomic E-state index is 0.273. The van der Waals surface area contributed by atoms with Crippen LogP contribution in [0.1, 0.15) is 21.6 Å². The number of pyridine rings is 1. The number of aromatic amines is 1. The van der Waals surface area contributed by atoms with Gasteiger partial charge in [0.15, 0.2) is 6.29 Å². The van der Waals surface area contributed by atoms with Crippen LogP contribution in [0.4, 0.5) is 16.0 Å². The average Bonchev–Trinajstić information content (AvgIpc) is 2.96. The summed E-state index contributed by atoms with van der Waals surface area (Å²) < 4.78 is 15.1. The van der Waals surface area contributed by atoms with Crippen molar-refractivity contribution in [2.45, 2.75) is 13.8 Å². The Morgan fingerprint density at radius 3 is 2.70 bits per heavy atom. The fourth-order valence-electron chi connectivity index (χ4n) is 3.39. The van der Waals surface area contributed by atoms with Crippen LogP contribution in [0.3, 0.4) is 0 Å². The van der Waals surface area contributed by atoms with Gasteiger partial charge >= 0.3 is 0 Å². The van der Waals surface area contributed by atoms with Crippen molar-refractivity contribution < 1.29 is 9.18 Å². The number of imidazole rings is 1. The Morgan fingerprint density at radius 2 is 2.00 bits per heavy atom. The molecule has 0 saturated heterocycles. The zero-order chi connectivity index (χ0) is 19.3. The summed E-state index contributed by atoms with van der Waals surface area (Å²) in [4.78, 5) is 31.0. The van der Waals surface area contributed by atoms with E-state index in [9.17, 15) is 14.0 Å². The van der Waals surface area contributed by atoms with Crippen molar-refractivity contribution in [3.05, 3.63) is 63.3 Å². The summed E-state index contributed by atoms with van der Waals surface area (Å²) in [7, 11) is 1.80. The van der Waals surface area contributed by atoms with E-state index >= 15 is 0 Å². The molecule has 2 N–H and O–H groups in total. The van der Waals surface area contributed by atoms with Gasteiger partial charge in [0.2, 0.25) is 5.95 Å². The van der Waals surface area contributed by atoms with Gasteiger partial charge in [0.05, 0.1) is 22.1 Å². The van der Waals surface area contributed by atoms with Crippen LogP contribution in [0.5, 0.6) is 0 Å². The lowest BCUT2D eigenvalue weighted by atomic mass is 10.0. The second-order valence-electron chi connectivity index (χ2n) is 6.55. The molecule has 2 aromatic heterocycles. The maximum Gasteiger partial charge on any atom is 0.258 e. The van der Waals surface area contributed by atoms with Gasteiger partial charge in [0.1, 0.15) is 5.82 Å². The van der Waals surface area contributed by atoms with E-state index in [1.165, 1.54) is 12.1 Å². The number of halogens is 1. The Hall–Kier alpha value is -3.48. The smallest absolute Gasteiger partial charge is 0.258 e. The number of anilines is 2. The van der Waals surface area contributed by atoms with E-state index in [2.05, 4.69) is 15.3 Å². The predicted molar refractivity (Wildman–Crippen MR) is 103 cm³/mol. The first-order valence-electron chi connectivity index (χ1n) is 8.41. The molecule has 27 heavy (non-hydrogen) atoms. The first-order chi connectivity index (χ1) is 12.9. The van der Waals surface area contributed by atoms with Crippen LogP contribution in [0.15, 0.2) is 35.1 Å². The molecule has 0 amide bonds. The normalized spacial score (nSPS) is 11.3. The fourth-order valence-corrected chi connectivity index (χ4v) is 3.39. The Kier molecular flexibility index (Phi) is 3.80. The van der Waals surface area contributed by atoms with Crippen molar-refractivity contribution in [3.63, 3.8) is 0 Å². The first kappa shape index (κ1) is 17.0. The third-order valence-electron chi connectivity index (χ3n) is 4.87. The average molecular weight is 364 g/mol. The number of aryl methyl sites for hydroxylation is 3. The number of hydrogen-bond acceptors (Lipinski definition) is 4. The highest BCUT2D eigenvalue weighted by molar-refractivity contribution is 6.07. The molecule has 0 bridgehead atoms. The van der Waals surface area contributed by atoms with E-state index in [4.69, 9.17) is 0 Å². The molecular weight excluding hydrogens is 347 g/mol. The molecule has 0 spiro atoms. The number of rotatable bonds is 3. The molecule has 4 aromatic rings. The summed E-state index contributed by atoms with van der Waals surface area (Å²) in [6.07, 6.45) is 0.647. The van der Waals surface area contributed by atoms with Gasteiger partial charge in [-0.25, -0.2) is 9.37 Å². The highest BCUT2D eigenvalue weighted by Crippen LogP contribution is 2.29. The topological polar surface area (TPSA) is 79.8 Å². The molecule has 0 aliphatic heterocycles. The number of benzene rings is 2. The third kappa shape index (κ3) is 2.59. The first-order valence-corrected chi connectivity index (χ1v) is 8.41. The molecule has 0 fully saturated rings. The molecule has 4 rings (SSSR count). The molecule has 0 radical (unpaired) electrons. The summed E-state index contributed by atoms with van der Waals surface area (Å²) in [5.74, 6) is 0.228. The van der Waals surface area contributed by atoms with E-state index in [1.54, 1.807) is 37.6 Å². The monoisotopic (exact) mass is 364 g/mol. The number of H-pyrrole nitrogens is 1. The zero-order valence-electron chi connectivity index (χ0n) is 15.1. The van der Waals surface area contributed by atoms with Gasteiger partial charge in [0.25, 0.3) is 5.56 Å². The quantitative estimate of drug-likeness (QED) is 0.543. The highest BCUT2D eigenvalue weighted by Gasteiger charge is 2.16. The SMILES string of the molecule is Cc1cc(F)ccc1Nc1nc2ccc3c(C)c(C=O)[nH]c(=O)c3c2n1C. The standard InChI is InChI=1S/C20H17FN4O2/c1-10-8-12(21)4-6-14(10)23-20-24-15-7-5-13-11(2)16(9-26)22-19(27)17(13)18(15)25(20)3/h4-9H,1-3H3,(H,22,27)(H,23,24). The summed E-state index contributed by atoms with van der Waals surface area (Å²) in [6, 6.07) is 8.09. The molecule has 0 atom stereocenters. The Morgan fingerprint density at radius 1 is 1.22 bits per heavy atom. The van der Waals surface area contributed by atoms with Gasteiger partial charge in [-0.05, 0) is 54.6 Å². The Bertz CT molecular complexity index is 1290. The number of nitrogens with one attached hydrogen (secondary N) is 2. The van der Waals surface area contributed by atoms with Crippen LogP contribution in [-0.4, -0.2) is 20.8 Å². The van der Waals surface area contributed by atoms with Gasteiger partial charge in [-0.1, -0.05) is 6.07 Å². The largest absolute Gasteiger partial charge is 0.325 e. The molecule has 136 valence electrons. The van der Waals surface area contributed by atoms with Crippen molar-refractivity contribution >= 4 is 39.7 Å². The molecule has 7 heteroatoms. The Labute approximate surface area is 153 Å². The number of hydrogen-bond donors (Lipinski definition) is 2. The molecule has 0 saturated carbocycles. The van der Waals surface area contributed by atoms with Crippen LogP contribution in [0, 0.1) is 19.7 Å². The number of aldehydes is 1. The molecule has 0 aliphatic rings. The van der Waals surface area contributed by atoms with Crippen LogP contribution >= 0.6 is 0 Å². The van der Waals surface area contributed by atoms with Gasteiger partial charge in [-0.3, -0.25) is 9.59 Å². The Balaban J connectivity index is 1.96. The van der Waals surface area contributed by atoms with Crippen molar-refractivity contribution in [2.75, 3.05) is 5.32 Å². The van der Waals surface area contributed by atoms with E-state index in [1.807, 2.05) is 6.07 Å². The summed E-state index contributed by atoms with van der Waals surface area (Å²) >= 11 is 0. The van der Waals surface area contributed by atoms with Crippen LogP contribution < -0.4 is 10.9 Å². The summed E-state index contributed by atoms with van der Waals surface area (Å²) in [5.41, 5.74) is 3.44. The number of fused-ring (bicyclic) bond motifs is 3. The summed E-state index contributed by atoms with van der Waals surface area (Å²) in [6.45, 7) is 3.60. The molecule has 2 heterocycles. The van der Waals surface area contributed by atoms with Gasteiger partial charge < -0.3 is 14.9 Å². The van der Waals surface area contributed by atoms with Crippen molar-refractivity contribution in [1.29, 1.82) is 0 Å². The lowest BCUT2D eigenvalue weighted by Gasteiger charge is -2.10. The maximum absolute atomic E-state index is 13.3. The molecule has 2 aromatic carbocycles.